The van der Waals surface area contributed by atoms with Gasteiger partial charge in [0.25, 0.3) is 0 Å². The molecule has 8 nitrogen and oxygen atoms in total. The standard InChI is InChI=1S/C11H22N2O6S/c1-3-20(17,18)8-6-12-11(16)13-9(10(14)15)5-4-7-19-2/h9H,3-8H2,1-2H3,(H,14,15)(H2,12,13,16). The third-order valence-electron chi connectivity index (χ3n) is 2.58. The normalized spacial score (nSPS) is 12.7. The van der Waals surface area contributed by atoms with Crippen LogP contribution in [0.3, 0.4) is 0 Å². The van der Waals surface area contributed by atoms with Crippen LogP contribution in [0.2, 0.25) is 0 Å². The first-order valence-corrected chi connectivity index (χ1v) is 8.11. The van der Waals surface area contributed by atoms with Crippen LogP contribution < -0.4 is 10.6 Å². The molecule has 2 amide bonds. The van der Waals surface area contributed by atoms with Crippen LogP contribution in [-0.4, -0.2) is 63.3 Å². The number of carbonyl (C=O) groups is 2. The Bertz CT molecular complexity index is 409. The summed E-state index contributed by atoms with van der Waals surface area (Å²) in [6.07, 6.45) is 0.738. The summed E-state index contributed by atoms with van der Waals surface area (Å²) in [6.45, 7) is 1.87. The molecular formula is C11H22N2O6S. The Hall–Kier alpha value is -1.35. The smallest absolute Gasteiger partial charge is 0.326 e. The second-order valence-electron chi connectivity index (χ2n) is 4.16. The van der Waals surface area contributed by atoms with E-state index in [1.165, 1.54) is 14.0 Å². The monoisotopic (exact) mass is 310 g/mol. The zero-order valence-electron chi connectivity index (χ0n) is 11.7. The Kier molecular flexibility index (Phi) is 8.89. The van der Waals surface area contributed by atoms with Gasteiger partial charge in [-0.2, -0.15) is 0 Å². The average molecular weight is 310 g/mol. The molecule has 0 heterocycles. The number of sulfone groups is 1. The molecule has 0 saturated heterocycles. The van der Waals surface area contributed by atoms with Gasteiger partial charge in [-0.25, -0.2) is 18.0 Å². The van der Waals surface area contributed by atoms with Crippen molar-refractivity contribution in [1.29, 1.82) is 0 Å². The fourth-order valence-corrected chi connectivity index (χ4v) is 2.06. The maximum atomic E-state index is 11.5. The van der Waals surface area contributed by atoms with Gasteiger partial charge in [-0.3, -0.25) is 0 Å². The number of methoxy groups -OCH3 is 1. The maximum Gasteiger partial charge on any atom is 0.326 e. The van der Waals surface area contributed by atoms with Gasteiger partial charge < -0.3 is 20.5 Å². The second kappa shape index (κ2) is 9.54. The fraction of sp³-hybridized carbons (Fsp3) is 0.818. The van der Waals surface area contributed by atoms with Crippen LogP contribution in [-0.2, 0) is 19.4 Å². The average Bonchev–Trinajstić information content (AvgIpc) is 2.37. The van der Waals surface area contributed by atoms with Crippen molar-refractivity contribution in [2.45, 2.75) is 25.8 Å². The molecule has 0 bridgehead atoms. The number of carboxylic acid groups (broad SMARTS) is 1. The highest BCUT2D eigenvalue weighted by Crippen LogP contribution is 1.98. The predicted molar refractivity (Wildman–Crippen MR) is 73.4 cm³/mol. The van der Waals surface area contributed by atoms with E-state index >= 15 is 0 Å². The minimum atomic E-state index is -3.15. The molecule has 3 N–H and O–H groups in total. The van der Waals surface area contributed by atoms with Gasteiger partial charge in [-0.15, -0.1) is 0 Å². The zero-order valence-corrected chi connectivity index (χ0v) is 12.5. The lowest BCUT2D eigenvalue weighted by molar-refractivity contribution is -0.139. The van der Waals surface area contributed by atoms with Crippen LogP contribution in [0, 0.1) is 0 Å². The summed E-state index contributed by atoms with van der Waals surface area (Å²) in [5.74, 6) is -1.30. The van der Waals surface area contributed by atoms with Gasteiger partial charge in [-0.1, -0.05) is 6.92 Å². The minimum absolute atomic E-state index is 0.00503. The van der Waals surface area contributed by atoms with Gasteiger partial charge in [0.1, 0.15) is 6.04 Å². The Labute approximate surface area is 118 Å². The second-order valence-corrected chi connectivity index (χ2v) is 6.64. The van der Waals surface area contributed by atoms with Crippen molar-refractivity contribution >= 4 is 21.8 Å². The van der Waals surface area contributed by atoms with E-state index in [2.05, 4.69) is 10.6 Å². The van der Waals surface area contributed by atoms with Crippen LogP contribution in [0.4, 0.5) is 4.79 Å². The molecule has 1 atom stereocenters. The highest BCUT2D eigenvalue weighted by molar-refractivity contribution is 7.91. The van der Waals surface area contributed by atoms with E-state index < -0.39 is 27.9 Å². The molecule has 0 fully saturated rings. The van der Waals surface area contributed by atoms with E-state index in [4.69, 9.17) is 9.84 Å². The summed E-state index contributed by atoms with van der Waals surface area (Å²) in [7, 11) is -1.65. The molecule has 0 spiro atoms. The molecule has 0 aromatic rings. The Morgan fingerprint density at radius 2 is 2.00 bits per heavy atom. The van der Waals surface area contributed by atoms with E-state index in [1.54, 1.807) is 0 Å². The summed E-state index contributed by atoms with van der Waals surface area (Å²) >= 11 is 0. The van der Waals surface area contributed by atoms with Crippen molar-refractivity contribution in [3.05, 3.63) is 0 Å². The summed E-state index contributed by atoms with van der Waals surface area (Å²) in [4.78, 5) is 22.4. The molecule has 0 rings (SSSR count). The Morgan fingerprint density at radius 1 is 1.35 bits per heavy atom. The Balaban J connectivity index is 4.10. The largest absolute Gasteiger partial charge is 0.480 e. The number of amides is 2. The molecule has 1 unspecified atom stereocenters. The highest BCUT2D eigenvalue weighted by Gasteiger charge is 2.19. The first kappa shape index (κ1) is 18.7. The molecule has 0 aromatic heterocycles. The Morgan fingerprint density at radius 3 is 2.50 bits per heavy atom. The number of nitrogens with one attached hydrogen (secondary N) is 2. The molecule has 0 radical (unpaired) electrons. The zero-order chi connectivity index (χ0) is 15.6. The number of hydrogen-bond donors (Lipinski definition) is 3. The molecular weight excluding hydrogens is 288 g/mol. The summed E-state index contributed by atoms with van der Waals surface area (Å²) in [5.41, 5.74) is 0. The predicted octanol–water partition coefficient (Wildman–Crippen LogP) is -0.400. The lowest BCUT2D eigenvalue weighted by atomic mass is 10.1. The molecule has 118 valence electrons. The van der Waals surface area contributed by atoms with E-state index in [0.29, 0.717) is 13.0 Å². The quantitative estimate of drug-likeness (QED) is 0.472. The van der Waals surface area contributed by atoms with Gasteiger partial charge in [0.05, 0.1) is 5.75 Å². The SMILES string of the molecule is CCS(=O)(=O)CCNC(=O)NC(CCCOC)C(=O)O. The lowest BCUT2D eigenvalue weighted by Gasteiger charge is -2.14. The molecule has 0 aromatic carbocycles. The van der Waals surface area contributed by atoms with Crippen molar-refractivity contribution in [2.75, 3.05) is 31.8 Å². The molecule has 0 aliphatic heterocycles. The summed E-state index contributed by atoms with van der Waals surface area (Å²) in [6, 6.07) is -1.71. The van der Waals surface area contributed by atoms with Crippen LogP contribution >= 0.6 is 0 Å². The number of urea groups is 1. The van der Waals surface area contributed by atoms with Crippen LogP contribution in [0.5, 0.6) is 0 Å². The topological polar surface area (TPSA) is 122 Å². The van der Waals surface area contributed by atoms with Crippen LogP contribution in [0.1, 0.15) is 19.8 Å². The number of rotatable bonds is 10. The number of carboxylic acids is 1. The third kappa shape index (κ3) is 8.70. The number of aliphatic carboxylic acids is 1. The molecule has 9 heteroatoms. The van der Waals surface area contributed by atoms with E-state index in [0.717, 1.165) is 0 Å². The third-order valence-corrected chi connectivity index (χ3v) is 4.29. The van der Waals surface area contributed by atoms with E-state index in [9.17, 15) is 18.0 Å². The summed E-state index contributed by atoms with van der Waals surface area (Å²) in [5, 5.41) is 13.5. The van der Waals surface area contributed by atoms with Crippen molar-refractivity contribution in [1.82, 2.24) is 10.6 Å². The van der Waals surface area contributed by atoms with Crippen molar-refractivity contribution in [3.63, 3.8) is 0 Å². The van der Waals surface area contributed by atoms with Crippen LogP contribution in [0.25, 0.3) is 0 Å². The first-order chi connectivity index (χ1) is 9.32. The van der Waals surface area contributed by atoms with Gasteiger partial charge in [0.2, 0.25) is 0 Å². The number of ether oxygens (including phenoxy) is 1. The van der Waals surface area contributed by atoms with Crippen molar-refractivity contribution < 1.29 is 27.9 Å². The number of carbonyl (C=O) groups excluding carboxylic acids is 1. The molecule has 0 saturated carbocycles. The highest BCUT2D eigenvalue weighted by atomic mass is 32.2. The fourth-order valence-electron chi connectivity index (χ4n) is 1.36. The van der Waals surface area contributed by atoms with E-state index in [-0.39, 0.29) is 24.5 Å². The molecule has 0 aliphatic carbocycles. The maximum absolute atomic E-state index is 11.5. The van der Waals surface area contributed by atoms with Gasteiger partial charge in [0.15, 0.2) is 9.84 Å². The first-order valence-electron chi connectivity index (χ1n) is 6.29. The van der Waals surface area contributed by atoms with Crippen molar-refractivity contribution in [2.24, 2.45) is 0 Å². The van der Waals surface area contributed by atoms with Crippen LogP contribution in [0.15, 0.2) is 0 Å². The lowest BCUT2D eigenvalue weighted by Crippen LogP contribution is -2.47. The van der Waals surface area contributed by atoms with Gasteiger partial charge >= 0.3 is 12.0 Å². The minimum Gasteiger partial charge on any atom is -0.480 e. The van der Waals surface area contributed by atoms with Crippen molar-refractivity contribution in [3.8, 4) is 0 Å². The molecule has 20 heavy (non-hydrogen) atoms. The summed E-state index contributed by atoms with van der Waals surface area (Å²) < 4.78 is 27.2. The van der Waals surface area contributed by atoms with E-state index in [1.807, 2.05) is 0 Å². The van der Waals surface area contributed by atoms with Gasteiger partial charge in [0, 0.05) is 26.0 Å². The molecule has 0 aliphatic rings. The van der Waals surface area contributed by atoms with Gasteiger partial charge in [-0.05, 0) is 12.8 Å². The number of hydrogen-bond acceptors (Lipinski definition) is 5.